The van der Waals surface area contributed by atoms with Crippen molar-refractivity contribution < 1.29 is 19.8 Å². The second kappa shape index (κ2) is 9.64. The minimum absolute atomic E-state index is 0.240. The summed E-state index contributed by atoms with van der Waals surface area (Å²) in [6.07, 6.45) is -2.48. The Bertz CT molecular complexity index is 944. The Morgan fingerprint density at radius 3 is 1.69 bits per heavy atom. The van der Waals surface area contributed by atoms with E-state index in [1.54, 1.807) is 72.8 Å². The molecule has 0 aliphatic rings. The summed E-state index contributed by atoms with van der Waals surface area (Å²) in [7, 11) is 0. The van der Waals surface area contributed by atoms with Crippen LogP contribution in [-0.4, -0.2) is 22.0 Å². The number of aliphatic hydroxyl groups is 2. The number of benzene rings is 3. The molecule has 2 unspecified atom stereocenters. The molecular formula is C23H22N2O4. The van der Waals surface area contributed by atoms with E-state index in [4.69, 9.17) is 0 Å². The highest BCUT2D eigenvalue weighted by Crippen LogP contribution is 2.17. The van der Waals surface area contributed by atoms with Crippen molar-refractivity contribution in [2.45, 2.75) is 18.8 Å². The maximum Gasteiger partial charge on any atom is 0.257 e. The van der Waals surface area contributed by atoms with E-state index >= 15 is 0 Å². The summed E-state index contributed by atoms with van der Waals surface area (Å²) in [6, 6.07) is 24.2. The number of nitrogens with one attached hydrogen (secondary N) is 2. The van der Waals surface area contributed by atoms with Gasteiger partial charge >= 0.3 is 0 Å². The molecule has 3 aromatic carbocycles. The molecule has 0 saturated carbocycles. The van der Waals surface area contributed by atoms with Crippen molar-refractivity contribution in [2.24, 2.45) is 0 Å². The fourth-order valence-corrected chi connectivity index (χ4v) is 2.78. The molecule has 0 aliphatic heterocycles. The van der Waals surface area contributed by atoms with E-state index in [2.05, 4.69) is 10.6 Å². The Balaban J connectivity index is 1.52. The Labute approximate surface area is 168 Å². The van der Waals surface area contributed by atoms with Crippen LogP contribution in [0.1, 0.15) is 28.9 Å². The fourth-order valence-electron chi connectivity index (χ4n) is 2.78. The first-order valence-corrected chi connectivity index (χ1v) is 9.18. The van der Waals surface area contributed by atoms with E-state index in [1.807, 2.05) is 12.1 Å². The lowest BCUT2D eigenvalue weighted by molar-refractivity contribution is -0.129. The van der Waals surface area contributed by atoms with Gasteiger partial charge in [0.1, 0.15) is 0 Å². The number of hydrogen-bond donors (Lipinski definition) is 4. The first-order valence-electron chi connectivity index (χ1n) is 9.18. The Hall–Kier alpha value is -3.48. The predicted octanol–water partition coefficient (Wildman–Crippen LogP) is 2.71. The van der Waals surface area contributed by atoms with Crippen LogP contribution in [0, 0.1) is 0 Å². The molecule has 3 rings (SSSR count). The third-order valence-corrected chi connectivity index (χ3v) is 4.42. The molecule has 0 aromatic heterocycles. The highest BCUT2D eigenvalue weighted by Gasteiger charge is 2.18. The maximum atomic E-state index is 12.2. The number of carbonyl (C=O) groups excluding carboxylic acids is 2. The van der Waals surface area contributed by atoms with E-state index in [1.165, 1.54) is 0 Å². The summed E-state index contributed by atoms with van der Waals surface area (Å²) in [5.41, 5.74) is 2.38. The van der Waals surface area contributed by atoms with Crippen LogP contribution in [0.3, 0.4) is 0 Å². The molecule has 0 aliphatic carbocycles. The zero-order valence-corrected chi connectivity index (χ0v) is 15.7. The molecule has 148 valence electrons. The fraction of sp³-hybridized carbons (Fsp3) is 0.130. The third-order valence-electron chi connectivity index (χ3n) is 4.42. The van der Waals surface area contributed by atoms with Gasteiger partial charge in [0, 0.05) is 12.2 Å². The first-order chi connectivity index (χ1) is 14.0. The quantitative estimate of drug-likeness (QED) is 0.499. The van der Waals surface area contributed by atoms with Crippen LogP contribution < -0.4 is 10.6 Å². The molecule has 2 atom stereocenters. The molecule has 29 heavy (non-hydrogen) atoms. The number of amides is 2. The van der Waals surface area contributed by atoms with E-state index < -0.39 is 24.0 Å². The molecule has 0 heterocycles. The summed E-state index contributed by atoms with van der Waals surface area (Å²) in [5, 5.41) is 25.5. The van der Waals surface area contributed by atoms with Gasteiger partial charge in [0.15, 0.2) is 12.2 Å². The summed E-state index contributed by atoms with van der Waals surface area (Å²) < 4.78 is 0. The Morgan fingerprint density at radius 2 is 1.17 bits per heavy atom. The molecule has 6 heteroatoms. The van der Waals surface area contributed by atoms with Crippen LogP contribution in [0.15, 0.2) is 84.9 Å². The zero-order chi connectivity index (χ0) is 20.6. The molecule has 6 nitrogen and oxygen atoms in total. The van der Waals surface area contributed by atoms with Gasteiger partial charge in [-0.3, -0.25) is 9.59 Å². The predicted molar refractivity (Wildman–Crippen MR) is 110 cm³/mol. The summed E-state index contributed by atoms with van der Waals surface area (Å²) in [6.45, 7) is 0.240. The summed E-state index contributed by atoms with van der Waals surface area (Å²) in [4.78, 5) is 24.3. The van der Waals surface area contributed by atoms with E-state index in [9.17, 15) is 19.8 Å². The molecule has 2 amide bonds. The minimum Gasteiger partial charge on any atom is -0.378 e. The largest absolute Gasteiger partial charge is 0.378 e. The monoisotopic (exact) mass is 390 g/mol. The van der Waals surface area contributed by atoms with E-state index in [0.717, 1.165) is 5.56 Å². The van der Waals surface area contributed by atoms with Crippen LogP contribution in [0.4, 0.5) is 5.69 Å². The van der Waals surface area contributed by atoms with Crippen LogP contribution in [-0.2, 0) is 16.1 Å². The van der Waals surface area contributed by atoms with Crippen molar-refractivity contribution in [3.8, 4) is 0 Å². The lowest BCUT2D eigenvalue weighted by Gasteiger charge is -2.13. The second-order valence-electron chi connectivity index (χ2n) is 6.53. The van der Waals surface area contributed by atoms with Crippen LogP contribution in [0.5, 0.6) is 0 Å². The van der Waals surface area contributed by atoms with Gasteiger partial charge in [-0.25, -0.2) is 0 Å². The van der Waals surface area contributed by atoms with Gasteiger partial charge < -0.3 is 20.8 Å². The van der Waals surface area contributed by atoms with Gasteiger partial charge in [-0.05, 0) is 28.8 Å². The van der Waals surface area contributed by atoms with Crippen LogP contribution >= 0.6 is 0 Å². The normalized spacial score (nSPS) is 12.6. The number of rotatable bonds is 7. The van der Waals surface area contributed by atoms with Crippen molar-refractivity contribution >= 4 is 17.5 Å². The van der Waals surface area contributed by atoms with Crippen molar-refractivity contribution in [1.82, 2.24) is 5.32 Å². The lowest BCUT2D eigenvalue weighted by atomic mass is 10.1. The third kappa shape index (κ3) is 5.51. The Morgan fingerprint density at radius 1 is 0.690 bits per heavy atom. The highest BCUT2D eigenvalue weighted by atomic mass is 16.3. The van der Waals surface area contributed by atoms with Crippen molar-refractivity contribution in [3.05, 3.63) is 102 Å². The van der Waals surface area contributed by atoms with Gasteiger partial charge in [0.2, 0.25) is 0 Å². The van der Waals surface area contributed by atoms with Gasteiger partial charge in [-0.1, -0.05) is 72.8 Å². The van der Waals surface area contributed by atoms with Crippen molar-refractivity contribution in [3.63, 3.8) is 0 Å². The molecule has 0 radical (unpaired) electrons. The van der Waals surface area contributed by atoms with E-state index in [0.29, 0.717) is 16.8 Å². The van der Waals surface area contributed by atoms with Crippen LogP contribution in [0.2, 0.25) is 0 Å². The van der Waals surface area contributed by atoms with Crippen molar-refractivity contribution in [1.29, 1.82) is 0 Å². The van der Waals surface area contributed by atoms with Crippen molar-refractivity contribution in [2.75, 3.05) is 5.32 Å². The highest BCUT2D eigenvalue weighted by molar-refractivity contribution is 5.94. The van der Waals surface area contributed by atoms with Gasteiger partial charge in [-0.2, -0.15) is 0 Å². The maximum absolute atomic E-state index is 12.2. The second-order valence-corrected chi connectivity index (χ2v) is 6.53. The summed E-state index contributed by atoms with van der Waals surface area (Å²) in [5.74, 6) is -1.01. The molecular weight excluding hydrogens is 368 g/mol. The first kappa shape index (κ1) is 20.3. The average Bonchev–Trinajstić information content (AvgIpc) is 2.78. The molecule has 0 bridgehead atoms. The SMILES string of the molecule is O=C(NCc1ccc(NC(=O)C(O)c2ccccc2)cc1)C(O)c1ccccc1. The molecule has 3 aromatic rings. The van der Waals surface area contributed by atoms with Crippen LogP contribution in [0.25, 0.3) is 0 Å². The molecule has 0 fully saturated rings. The topological polar surface area (TPSA) is 98.7 Å². The minimum atomic E-state index is -1.25. The number of anilines is 1. The smallest absolute Gasteiger partial charge is 0.257 e. The summed E-state index contributed by atoms with van der Waals surface area (Å²) >= 11 is 0. The number of aliphatic hydroxyl groups excluding tert-OH is 2. The van der Waals surface area contributed by atoms with Gasteiger partial charge in [-0.15, -0.1) is 0 Å². The number of hydrogen-bond acceptors (Lipinski definition) is 4. The Kier molecular flexibility index (Phi) is 6.73. The molecule has 0 spiro atoms. The lowest BCUT2D eigenvalue weighted by Crippen LogP contribution is -2.28. The number of carbonyl (C=O) groups is 2. The van der Waals surface area contributed by atoms with E-state index in [-0.39, 0.29) is 6.54 Å². The van der Waals surface area contributed by atoms with Gasteiger partial charge in [0.25, 0.3) is 11.8 Å². The average molecular weight is 390 g/mol. The standard InChI is InChI=1S/C23H22N2O4/c26-20(17-7-3-1-4-8-17)22(28)24-15-16-11-13-19(14-12-16)25-23(29)21(27)18-9-5-2-6-10-18/h1-14,20-21,26-27H,15H2,(H,24,28)(H,25,29). The van der Waals surface area contributed by atoms with Gasteiger partial charge in [0.05, 0.1) is 0 Å². The molecule has 4 N–H and O–H groups in total. The molecule has 0 saturated heterocycles. The zero-order valence-electron chi connectivity index (χ0n) is 15.7.